The van der Waals surface area contributed by atoms with Crippen LogP contribution < -0.4 is 0 Å². The Kier molecular flexibility index (Phi) is 4.35. The highest BCUT2D eigenvalue weighted by Gasteiger charge is 2.20. The molecule has 0 bridgehead atoms. The second kappa shape index (κ2) is 7.95. The van der Waals surface area contributed by atoms with Gasteiger partial charge in [0.1, 0.15) is 0 Å². The summed E-state index contributed by atoms with van der Waals surface area (Å²) in [7, 11) is 0. The predicted molar refractivity (Wildman–Crippen MR) is 168 cm³/mol. The molecule has 3 heteroatoms. The number of allylic oxidation sites excluding steroid dienone is 1. The van der Waals surface area contributed by atoms with Crippen molar-refractivity contribution in [1.29, 1.82) is 0 Å². The molecule has 1 aliphatic rings. The van der Waals surface area contributed by atoms with E-state index < -0.39 is 0 Å². The third kappa shape index (κ3) is 2.91. The molecular formula is C36H24N2S. The van der Waals surface area contributed by atoms with Crippen LogP contribution in [0.3, 0.4) is 0 Å². The van der Waals surface area contributed by atoms with Gasteiger partial charge in [-0.15, -0.1) is 11.3 Å². The van der Waals surface area contributed by atoms with Crippen LogP contribution in [0.5, 0.6) is 0 Å². The Hall–Kier alpha value is -4.60. The van der Waals surface area contributed by atoms with E-state index in [1.54, 1.807) is 0 Å². The fourth-order valence-electron chi connectivity index (χ4n) is 6.72. The average molecular weight is 517 g/mol. The fraction of sp³-hybridized carbons (Fsp3) is 0.0556. The predicted octanol–water partition coefficient (Wildman–Crippen LogP) is 10.1. The number of para-hydroxylation sites is 3. The first-order chi connectivity index (χ1) is 19.4. The summed E-state index contributed by atoms with van der Waals surface area (Å²) in [6, 6.07) is 40.2. The summed E-state index contributed by atoms with van der Waals surface area (Å²) in [6.45, 7) is 0. The summed E-state index contributed by atoms with van der Waals surface area (Å²) in [6.07, 6.45) is 6.89. The van der Waals surface area contributed by atoms with Gasteiger partial charge in [-0.1, -0.05) is 72.8 Å². The van der Waals surface area contributed by atoms with E-state index in [9.17, 15) is 0 Å². The van der Waals surface area contributed by atoms with E-state index in [-0.39, 0.29) is 0 Å². The van der Waals surface area contributed by atoms with E-state index >= 15 is 0 Å². The molecule has 5 aromatic carbocycles. The van der Waals surface area contributed by atoms with Crippen molar-refractivity contribution in [2.45, 2.75) is 12.8 Å². The summed E-state index contributed by atoms with van der Waals surface area (Å²) < 4.78 is 6.27. The van der Waals surface area contributed by atoms with Crippen LogP contribution in [-0.4, -0.2) is 9.13 Å². The van der Waals surface area contributed by atoms with Crippen molar-refractivity contribution in [2.75, 3.05) is 0 Å². The minimum Gasteiger partial charge on any atom is -0.309 e. The monoisotopic (exact) mass is 516 g/mol. The van der Waals surface area contributed by atoms with Crippen molar-refractivity contribution < 1.29 is 0 Å². The minimum atomic E-state index is 1.13. The molecule has 0 spiro atoms. The Bertz CT molecular complexity index is 2240. The van der Waals surface area contributed by atoms with Crippen molar-refractivity contribution in [2.24, 2.45) is 0 Å². The lowest BCUT2D eigenvalue weighted by Gasteiger charge is -2.11. The van der Waals surface area contributed by atoms with E-state index in [1.165, 1.54) is 75.5 Å². The van der Waals surface area contributed by atoms with Gasteiger partial charge in [-0.3, -0.25) is 0 Å². The summed E-state index contributed by atoms with van der Waals surface area (Å²) in [5, 5.41) is 6.55. The molecule has 0 amide bonds. The maximum atomic E-state index is 2.48. The minimum absolute atomic E-state index is 1.13. The first-order valence-corrected chi connectivity index (χ1v) is 14.4. The Morgan fingerprint density at radius 3 is 1.90 bits per heavy atom. The van der Waals surface area contributed by atoms with Crippen LogP contribution in [0, 0.1) is 0 Å². The Morgan fingerprint density at radius 2 is 1.15 bits per heavy atom. The van der Waals surface area contributed by atoms with Gasteiger partial charge in [-0.25, -0.2) is 0 Å². The molecule has 3 heterocycles. The number of hydrogen-bond acceptors (Lipinski definition) is 1. The molecule has 184 valence electrons. The van der Waals surface area contributed by atoms with Crippen LogP contribution in [0.1, 0.15) is 16.9 Å². The number of benzene rings is 5. The zero-order valence-electron chi connectivity index (χ0n) is 21.3. The van der Waals surface area contributed by atoms with Gasteiger partial charge in [-0.05, 0) is 72.3 Å². The normalized spacial score (nSPS) is 13.3. The summed E-state index contributed by atoms with van der Waals surface area (Å²) in [4.78, 5) is 1.41. The third-order valence-electron chi connectivity index (χ3n) is 8.39. The zero-order chi connectivity index (χ0) is 25.5. The molecule has 8 aromatic rings. The molecule has 0 saturated heterocycles. The van der Waals surface area contributed by atoms with Crippen LogP contribution in [0.2, 0.25) is 0 Å². The number of aryl methyl sites for hydroxylation is 1. The van der Waals surface area contributed by atoms with Crippen molar-refractivity contribution >= 4 is 71.1 Å². The maximum Gasteiger partial charge on any atom is 0.0640 e. The van der Waals surface area contributed by atoms with Crippen LogP contribution in [-0.2, 0) is 6.42 Å². The highest BCUT2D eigenvalue weighted by Crippen LogP contribution is 2.42. The lowest BCUT2D eigenvalue weighted by atomic mass is 10.0. The molecular weight excluding hydrogens is 492 g/mol. The van der Waals surface area contributed by atoms with E-state index in [0.717, 1.165) is 12.8 Å². The van der Waals surface area contributed by atoms with Gasteiger partial charge in [-0.2, -0.15) is 0 Å². The Balaban J connectivity index is 1.36. The number of rotatable bonds is 2. The molecule has 0 aliphatic heterocycles. The van der Waals surface area contributed by atoms with E-state index in [0.29, 0.717) is 0 Å². The zero-order valence-corrected chi connectivity index (χ0v) is 22.1. The van der Waals surface area contributed by atoms with Gasteiger partial charge in [0.25, 0.3) is 0 Å². The molecule has 0 N–H and O–H groups in total. The molecule has 0 saturated carbocycles. The third-order valence-corrected chi connectivity index (χ3v) is 9.63. The fourth-order valence-corrected chi connectivity index (χ4v) is 8.01. The van der Waals surface area contributed by atoms with E-state index in [2.05, 4.69) is 130 Å². The smallest absolute Gasteiger partial charge is 0.0640 e. The number of nitrogens with zero attached hydrogens (tertiary/aromatic N) is 2. The summed E-state index contributed by atoms with van der Waals surface area (Å²) in [5.41, 5.74) is 8.95. The van der Waals surface area contributed by atoms with Crippen molar-refractivity contribution in [3.63, 3.8) is 0 Å². The molecule has 0 fully saturated rings. The second-order valence-corrected chi connectivity index (χ2v) is 11.5. The maximum absolute atomic E-state index is 2.48. The molecule has 9 rings (SSSR count). The highest BCUT2D eigenvalue weighted by atomic mass is 32.1. The first-order valence-electron chi connectivity index (χ1n) is 13.6. The molecule has 0 atom stereocenters. The summed E-state index contributed by atoms with van der Waals surface area (Å²) >= 11 is 1.93. The Labute approximate surface area is 229 Å². The van der Waals surface area contributed by atoms with Gasteiger partial charge in [0.05, 0.1) is 32.5 Å². The van der Waals surface area contributed by atoms with Gasteiger partial charge < -0.3 is 9.13 Å². The summed E-state index contributed by atoms with van der Waals surface area (Å²) in [5.74, 6) is 0. The highest BCUT2D eigenvalue weighted by molar-refractivity contribution is 7.20. The number of thiophene rings is 1. The van der Waals surface area contributed by atoms with Gasteiger partial charge in [0.2, 0.25) is 0 Å². The molecule has 0 radical (unpaired) electrons. The van der Waals surface area contributed by atoms with Crippen LogP contribution in [0.25, 0.3) is 71.1 Å². The Morgan fingerprint density at radius 1 is 0.538 bits per heavy atom. The largest absolute Gasteiger partial charge is 0.309 e. The molecule has 0 unspecified atom stereocenters. The van der Waals surface area contributed by atoms with Crippen LogP contribution in [0.4, 0.5) is 0 Å². The first kappa shape index (κ1) is 21.3. The van der Waals surface area contributed by atoms with Crippen LogP contribution in [0.15, 0.2) is 115 Å². The molecule has 3 aromatic heterocycles. The van der Waals surface area contributed by atoms with E-state index in [4.69, 9.17) is 0 Å². The average Bonchev–Trinajstić information content (AvgIpc) is 3.65. The lowest BCUT2D eigenvalue weighted by Crippen LogP contribution is -1.96. The van der Waals surface area contributed by atoms with Gasteiger partial charge >= 0.3 is 0 Å². The molecule has 1 aliphatic carbocycles. The number of hydrogen-bond donors (Lipinski definition) is 0. The second-order valence-electron chi connectivity index (χ2n) is 10.5. The topological polar surface area (TPSA) is 9.86 Å². The van der Waals surface area contributed by atoms with Crippen LogP contribution >= 0.6 is 11.3 Å². The SMILES string of the molecule is C1=Cc2sc3c(-n4c5ccccc5c5cc(-n6c7ccccc7c7ccccc76)ccc54)cccc3c2CC1. The van der Waals surface area contributed by atoms with Crippen molar-refractivity contribution in [3.05, 3.63) is 126 Å². The van der Waals surface area contributed by atoms with Gasteiger partial charge in [0, 0.05) is 32.1 Å². The lowest BCUT2D eigenvalue weighted by molar-refractivity contribution is 1.01. The van der Waals surface area contributed by atoms with Crippen molar-refractivity contribution in [1.82, 2.24) is 9.13 Å². The van der Waals surface area contributed by atoms with Crippen molar-refractivity contribution in [3.8, 4) is 11.4 Å². The quantitative estimate of drug-likeness (QED) is 0.216. The molecule has 2 nitrogen and oxygen atoms in total. The standard InChI is InChI=1S/C36H24N2S/c1-5-15-30-24(10-1)25-11-2-6-16-31(25)37(30)23-20-21-33-29(22-23)26-12-3-7-17-32(26)38(33)34-18-9-14-28-27-13-4-8-19-35(27)39-36(28)34/h1-3,5-12,14-22H,4,13H2. The van der Waals surface area contributed by atoms with E-state index in [1.807, 2.05) is 11.3 Å². The number of fused-ring (bicyclic) bond motifs is 9. The van der Waals surface area contributed by atoms with Gasteiger partial charge in [0.15, 0.2) is 0 Å². The number of aromatic nitrogens is 2. The molecule has 39 heavy (non-hydrogen) atoms.